The largest absolute Gasteiger partial charge is 0.489 e. The van der Waals surface area contributed by atoms with Crippen molar-refractivity contribution in [1.82, 2.24) is 9.97 Å². The van der Waals surface area contributed by atoms with E-state index in [9.17, 15) is 9.59 Å². The van der Waals surface area contributed by atoms with E-state index < -0.39 is 0 Å². The van der Waals surface area contributed by atoms with Crippen LogP contribution >= 0.6 is 34.5 Å². The Kier molecular flexibility index (Phi) is 8.49. The number of carbonyl (C=O) groups excluding carboxylic acids is 2. The standard InChI is InChI=1S/C26H28Cl2N4O3S/c1-4-22(34)31-26-30-16(3)24(36-26)21(33)13-15(2)17-5-7-18(8-6-17)35-19-10-12-32(14-19)20-9-11-29-25(28)23(20)27/h5-9,11,15,19H,4,10,12-14H2,1-3H3,(H,30,31,34)/t15-,19-/m1/s1. The van der Waals surface area contributed by atoms with Gasteiger partial charge in [0.05, 0.1) is 22.8 Å². The Hall–Kier alpha value is -2.68. The van der Waals surface area contributed by atoms with Crippen LogP contribution in [0.1, 0.15) is 60.0 Å². The monoisotopic (exact) mass is 546 g/mol. The number of ketones is 1. The maximum atomic E-state index is 12.9. The molecule has 1 fully saturated rings. The minimum atomic E-state index is -0.116. The first-order valence-corrected chi connectivity index (χ1v) is 13.4. The molecule has 1 saturated heterocycles. The zero-order valence-corrected chi connectivity index (χ0v) is 22.7. The van der Waals surface area contributed by atoms with Gasteiger partial charge in [-0.15, -0.1) is 0 Å². The summed E-state index contributed by atoms with van der Waals surface area (Å²) in [5.41, 5.74) is 2.57. The van der Waals surface area contributed by atoms with Crippen molar-refractivity contribution in [1.29, 1.82) is 0 Å². The summed E-state index contributed by atoms with van der Waals surface area (Å²) in [6.07, 6.45) is 3.29. The lowest BCUT2D eigenvalue weighted by molar-refractivity contribution is -0.115. The number of pyridine rings is 1. The van der Waals surface area contributed by atoms with Crippen molar-refractivity contribution in [3.8, 4) is 5.75 Å². The van der Waals surface area contributed by atoms with E-state index in [0.29, 0.717) is 45.3 Å². The van der Waals surface area contributed by atoms with Crippen LogP contribution in [-0.2, 0) is 4.79 Å². The van der Waals surface area contributed by atoms with Crippen LogP contribution < -0.4 is 15.0 Å². The third-order valence-corrected chi connectivity index (χ3v) is 8.04. The molecule has 1 aliphatic heterocycles. The summed E-state index contributed by atoms with van der Waals surface area (Å²) in [6.45, 7) is 7.13. The van der Waals surface area contributed by atoms with Gasteiger partial charge in [0.1, 0.15) is 22.0 Å². The Labute approximate surface area is 224 Å². The number of amides is 1. The highest BCUT2D eigenvalue weighted by Gasteiger charge is 2.26. The van der Waals surface area contributed by atoms with Crippen molar-refractivity contribution >= 4 is 57.0 Å². The van der Waals surface area contributed by atoms with Gasteiger partial charge in [-0.1, -0.05) is 60.5 Å². The van der Waals surface area contributed by atoms with Crippen molar-refractivity contribution in [2.24, 2.45) is 0 Å². The minimum absolute atomic E-state index is 0.0238. The maximum Gasteiger partial charge on any atom is 0.225 e. The topological polar surface area (TPSA) is 84.4 Å². The van der Waals surface area contributed by atoms with Crippen LogP contribution in [0.5, 0.6) is 5.75 Å². The van der Waals surface area contributed by atoms with Gasteiger partial charge in [0.25, 0.3) is 0 Å². The average molecular weight is 548 g/mol. The summed E-state index contributed by atoms with van der Waals surface area (Å²) in [4.78, 5) is 35.6. The number of nitrogens with zero attached hydrogens (tertiary/aromatic N) is 3. The van der Waals surface area contributed by atoms with E-state index >= 15 is 0 Å². The third kappa shape index (κ3) is 6.17. The number of Topliss-reactive ketones (excluding diaryl/α,β-unsaturated/α-hetero) is 1. The Balaban J connectivity index is 1.33. The van der Waals surface area contributed by atoms with Gasteiger partial charge >= 0.3 is 0 Å². The van der Waals surface area contributed by atoms with Gasteiger partial charge in [-0.25, -0.2) is 9.97 Å². The van der Waals surface area contributed by atoms with Crippen LogP contribution in [0.25, 0.3) is 0 Å². The van der Waals surface area contributed by atoms with Crippen LogP contribution in [0, 0.1) is 6.92 Å². The molecule has 7 nitrogen and oxygen atoms in total. The number of halogens is 2. The summed E-state index contributed by atoms with van der Waals surface area (Å²) in [5.74, 6) is 0.727. The smallest absolute Gasteiger partial charge is 0.225 e. The molecule has 2 atom stereocenters. The highest BCUT2D eigenvalue weighted by molar-refractivity contribution is 7.17. The highest BCUT2D eigenvalue weighted by atomic mass is 35.5. The van der Waals surface area contributed by atoms with Gasteiger partial charge in [0, 0.05) is 32.0 Å². The number of carbonyl (C=O) groups is 2. The molecular weight excluding hydrogens is 519 g/mol. The van der Waals surface area contributed by atoms with E-state index in [1.54, 1.807) is 20.0 Å². The summed E-state index contributed by atoms with van der Waals surface area (Å²) in [5, 5.41) is 3.96. The first-order valence-electron chi connectivity index (χ1n) is 11.9. The van der Waals surface area contributed by atoms with Gasteiger partial charge < -0.3 is 15.0 Å². The lowest BCUT2D eigenvalue weighted by atomic mass is 9.95. The Morgan fingerprint density at radius 1 is 1.25 bits per heavy atom. The fourth-order valence-electron chi connectivity index (χ4n) is 4.17. The van der Waals surface area contributed by atoms with Gasteiger partial charge in [-0.05, 0) is 36.6 Å². The number of hydrogen-bond acceptors (Lipinski definition) is 7. The maximum absolute atomic E-state index is 12.9. The average Bonchev–Trinajstić information content (AvgIpc) is 3.47. The molecule has 1 N–H and O–H groups in total. The van der Waals surface area contributed by atoms with Gasteiger partial charge in [-0.2, -0.15) is 0 Å². The molecule has 0 radical (unpaired) electrons. The molecule has 3 heterocycles. The third-order valence-electron chi connectivity index (χ3n) is 6.17. The number of hydrogen-bond donors (Lipinski definition) is 1. The molecule has 1 aromatic carbocycles. The van der Waals surface area contributed by atoms with Crippen molar-refractivity contribution in [3.63, 3.8) is 0 Å². The molecule has 3 aromatic rings. The number of aryl methyl sites for hydroxylation is 1. The first-order chi connectivity index (χ1) is 17.2. The first kappa shape index (κ1) is 26.4. The van der Waals surface area contributed by atoms with E-state index in [1.165, 1.54) is 11.3 Å². The van der Waals surface area contributed by atoms with E-state index in [1.807, 2.05) is 37.3 Å². The van der Waals surface area contributed by atoms with E-state index in [0.717, 1.165) is 30.0 Å². The second kappa shape index (κ2) is 11.6. The second-order valence-corrected chi connectivity index (χ2v) is 10.6. The normalized spacial score (nSPS) is 16.1. The number of aromatic nitrogens is 2. The number of anilines is 2. The van der Waals surface area contributed by atoms with Crippen LogP contribution in [0.3, 0.4) is 0 Å². The number of thiazole rings is 1. The number of ether oxygens (including phenoxy) is 1. The van der Waals surface area contributed by atoms with E-state index in [4.69, 9.17) is 27.9 Å². The molecule has 36 heavy (non-hydrogen) atoms. The van der Waals surface area contributed by atoms with Gasteiger partial charge in [0.2, 0.25) is 5.91 Å². The zero-order valence-electron chi connectivity index (χ0n) is 20.4. The fraction of sp³-hybridized carbons (Fsp3) is 0.385. The Bertz CT molecular complexity index is 1250. The predicted molar refractivity (Wildman–Crippen MR) is 145 cm³/mol. The highest BCUT2D eigenvalue weighted by Crippen LogP contribution is 2.34. The van der Waals surface area contributed by atoms with Crippen molar-refractivity contribution in [3.05, 3.63) is 62.8 Å². The predicted octanol–water partition coefficient (Wildman–Crippen LogP) is 6.54. The van der Waals surface area contributed by atoms with Crippen LogP contribution in [-0.4, -0.2) is 40.9 Å². The second-order valence-electron chi connectivity index (χ2n) is 8.84. The molecule has 1 aliphatic rings. The SMILES string of the molecule is CCC(=O)Nc1nc(C)c(C(=O)C[C@@H](C)c2ccc(O[C@@H]3CCN(c4ccnc(Cl)c4Cl)C3)cc2)s1. The van der Waals surface area contributed by atoms with Crippen molar-refractivity contribution in [2.75, 3.05) is 23.3 Å². The summed E-state index contributed by atoms with van der Waals surface area (Å²) in [6, 6.07) is 9.78. The molecule has 1 amide bonds. The van der Waals surface area contributed by atoms with Crippen LogP contribution in [0.15, 0.2) is 36.5 Å². The lowest BCUT2D eigenvalue weighted by Gasteiger charge is -2.20. The molecule has 0 bridgehead atoms. The zero-order chi connectivity index (χ0) is 25.8. The number of rotatable bonds is 9. The number of nitrogens with one attached hydrogen (secondary N) is 1. The fourth-order valence-corrected chi connectivity index (χ4v) is 5.48. The van der Waals surface area contributed by atoms with Gasteiger partial charge in [-0.3, -0.25) is 9.59 Å². The minimum Gasteiger partial charge on any atom is -0.489 e. The molecule has 0 spiro atoms. The van der Waals surface area contributed by atoms with E-state index in [2.05, 4.69) is 20.2 Å². The molecule has 0 unspecified atom stereocenters. The van der Waals surface area contributed by atoms with Crippen molar-refractivity contribution < 1.29 is 14.3 Å². The summed E-state index contributed by atoms with van der Waals surface area (Å²) >= 11 is 13.6. The lowest BCUT2D eigenvalue weighted by Crippen LogP contribution is -2.24. The summed E-state index contributed by atoms with van der Waals surface area (Å²) < 4.78 is 6.20. The molecular formula is C26H28Cl2N4O3S. The van der Waals surface area contributed by atoms with E-state index in [-0.39, 0.29) is 23.7 Å². The molecule has 10 heteroatoms. The molecule has 0 saturated carbocycles. The van der Waals surface area contributed by atoms with Gasteiger partial charge in [0.15, 0.2) is 10.9 Å². The van der Waals surface area contributed by atoms with Crippen molar-refractivity contribution in [2.45, 2.75) is 52.1 Å². The number of benzene rings is 1. The molecule has 2 aromatic heterocycles. The summed E-state index contributed by atoms with van der Waals surface area (Å²) in [7, 11) is 0. The quantitative estimate of drug-likeness (QED) is 0.242. The van der Waals surface area contributed by atoms with Crippen LogP contribution in [0.2, 0.25) is 10.2 Å². The molecule has 190 valence electrons. The van der Waals surface area contributed by atoms with Crippen LogP contribution in [0.4, 0.5) is 10.8 Å². The Morgan fingerprint density at radius 2 is 2.00 bits per heavy atom. The molecule has 0 aliphatic carbocycles. The molecule has 4 rings (SSSR count). The Morgan fingerprint density at radius 3 is 2.72 bits per heavy atom.